The van der Waals surface area contributed by atoms with Crippen molar-refractivity contribution in [3.63, 3.8) is 0 Å². The number of rotatable bonds is 5. The molecule has 0 spiro atoms. The van der Waals surface area contributed by atoms with Crippen LogP contribution in [-0.2, 0) is 11.9 Å². The van der Waals surface area contributed by atoms with Gasteiger partial charge in [0.05, 0.1) is 10.6 Å². The smallest absolute Gasteiger partial charge is 0.322 e. The summed E-state index contributed by atoms with van der Waals surface area (Å²) in [4.78, 5) is 16.3. The lowest BCUT2D eigenvalue weighted by Gasteiger charge is -2.12. The van der Waals surface area contributed by atoms with Gasteiger partial charge in [0.15, 0.2) is 5.16 Å². The van der Waals surface area contributed by atoms with E-state index < -0.39 is 22.7 Å². The molecule has 140 valence electrons. The van der Waals surface area contributed by atoms with E-state index in [1.54, 1.807) is 24.3 Å². The van der Waals surface area contributed by atoms with Gasteiger partial charge in [0.25, 0.3) is 5.91 Å². The molecule has 0 aliphatic heterocycles. The molecule has 1 amide bonds. The second-order valence-corrected chi connectivity index (χ2v) is 6.79. The number of aromatic nitrogens is 3. The summed E-state index contributed by atoms with van der Waals surface area (Å²) in [6.07, 6.45) is -3.18. The summed E-state index contributed by atoms with van der Waals surface area (Å²) in [5.74, 6) is 0.114. The van der Waals surface area contributed by atoms with E-state index in [0.717, 1.165) is 17.7 Å². The van der Waals surface area contributed by atoms with Crippen molar-refractivity contribution in [1.29, 1.82) is 0 Å². The molecule has 27 heavy (non-hydrogen) atoms. The maximum absolute atomic E-state index is 12.9. The van der Waals surface area contributed by atoms with Gasteiger partial charge in [0.2, 0.25) is 0 Å². The summed E-state index contributed by atoms with van der Waals surface area (Å²) in [6, 6.07) is 9.96. The van der Waals surface area contributed by atoms with E-state index in [-0.39, 0.29) is 5.69 Å². The molecule has 2 aromatic carbocycles. The normalized spacial score (nSPS) is 11.4. The Labute approximate surface area is 161 Å². The molecule has 3 aromatic rings. The number of nitrogens with one attached hydrogen (secondary N) is 2. The minimum Gasteiger partial charge on any atom is -0.322 e. The van der Waals surface area contributed by atoms with Gasteiger partial charge < -0.3 is 5.32 Å². The highest BCUT2D eigenvalue weighted by atomic mass is 35.5. The summed E-state index contributed by atoms with van der Waals surface area (Å²) in [5, 5.41) is 9.19. The van der Waals surface area contributed by atoms with E-state index in [0.29, 0.717) is 16.5 Å². The van der Waals surface area contributed by atoms with Crippen molar-refractivity contribution in [3.8, 4) is 0 Å². The van der Waals surface area contributed by atoms with E-state index in [1.165, 1.54) is 24.2 Å². The van der Waals surface area contributed by atoms with Crippen LogP contribution in [0.1, 0.15) is 21.5 Å². The average molecular weight is 413 g/mol. The first-order valence-electron chi connectivity index (χ1n) is 7.58. The van der Waals surface area contributed by atoms with Crippen LogP contribution in [0.2, 0.25) is 5.02 Å². The standard InChI is InChI=1S/C17H12ClF3N4OS/c18-14-6-5-12(7-13(14)17(19,20)21)24-15(26)11-3-1-10(2-4-11)8-27-16-22-9-23-25-16/h1-7,9H,8H2,(H,24,26)(H,22,23,25). The first-order chi connectivity index (χ1) is 12.8. The Morgan fingerprint density at radius 2 is 1.93 bits per heavy atom. The SMILES string of the molecule is O=C(Nc1ccc(Cl)c(C(F)(F)F)c1)c1ccc(CSc2ncn[nH]2)cc1. The van der Waals surface area contributed by atoms with E-state index in [1.807, 2.05) is 0 Å². The molecule has 1 aromatic heterocycles. The highest BCUT2D eigenvalue weighted by Gasteiger charge is 2.33. The van der Waals surface area contributed by atoms with Crippen LogP contribution >= 0.6 is 23.4 Å². The van der Waals surface area contributed by atoms with E-state index in [4.69, 9.17) is 11.6 Å². The molecule has 0 atom stereocenters. The lowest BCUT2D eigenvalue weighted by molar-refractivity contribution is -0.137. The highest BCUT2D eigenvalue weighted by Crippen LogP contribution is 2.36. The number of nitrogens with zero attached hydrogens (tertiary/aromatic N) is 2. The van der Waals surface area contributed by atoms with Crippen molar-refractivity contribution in [2.45, 2.75) is 17.1 Å². The molecule has 2 N–H and O–H groups in total. The molecule has 0 saturated carbocycles. The van der Waals surface area contributed by atoms with Gasteiger partial charge in [-0.25, -0.2) is 4.98 Å². The highest BCUT2D eigenvalue weighted by molar-refractivity contribution is 7.98. The van der Waals surface area contributed by atoms with Gasteiger partial charge in [-0.2, -0.15) is 18.3 Å². The van der Waals surface area contributed by atoms with Crippen LogP contribution in [0.5, 0.6) is 0 Å². The summed E-state index contributed by atoms with van der Waals surface area (Å²) >= 11 is 7.03. The van der Waals surface area contributed by atoms with Crippen LogP contribution in [0, 0.1) is 0 Å². The minimum atomic E-state index is -4.60. The molecule has 1 heterocycles. The third-order valence-corrected chi connectivity index (χ3v) is 4.79. The number of benzene rings is 2. The number of thioether (sulfide) groups is 1. The van der Waals surface area contributed by atoms with Crippen molar-refractivity contribution in [3.05, 3.63) is 70.5 Å². The van der Waals surface area contributed by atoms with E-state index in [9.17, 15) is 18.0 Å². The van der Waals surface area contributed by atoms with E-state index in [2.05, 4.69) is 20.5 Å². The number of hydrogen-bond acceptors (Lipinski definition) is 4. The molecule has 0 unspecified atom stereocenters. The fourth-order valence-electron chi connectivity index (χ4n) is 2.19. The van der Waals surface area contributed by atoms with Crippen molar-refractivity contribution in [1.82, 2.24) is 15.2 Å². The lowest BCUT2D eigenvalue weighted by Crippen LogP contribution is -2.13. The zero-order valence-corrected chi connectivity index (χ0v) is 15.1. The molecular formula is C17H12ClF3N4OS. The van der Waals surface area contributed by atoms with Gasteiger partial charge in [-0.3, -0.25) is 9.89 Å². The zero-order valence-electron chi connectivity index (χ0n) is 13.5. The number of amides is 1. The fourth-order valence-corrected chi connectivity index (χ4v) is 3.15. The molecule has 0 radical (unpaired) electrons. The number of H-pyrrole nitrogens is 1. The molecule has 5 nitrogen and oxygen atoms in total. The Kier molecular flexibility index (Phi) is 5.71. The predicted octanol–water partition coefficient (Wildman–Crippen LogP) is 5.02. The van der Waals surface area contributed by atoms with Crippen LogP contribution in [0.15, 0.2) is 53.9 Å². The van der Waals surface area contributed by atoms with Gasteiger partial charge in [0.1, 0.15) is 6.33 Å². The Morgan fingerprint density at radius 1 is 1.19 bits per heavy atom. The maximum atomic E-state index is 12.9. The quantitative estimate of drug-likeness (QED) is 0.577. The number of aromatic amines is 1. The number of carbonyl (C=O) groups is 1. The molecule has 0 aliphatic rings. The monoisotopic (exact) mass is 412 g/mol. The largest absolute Gasteiger partial charge is 0.417 e. The second-order valence-electron chi connectivity index (χ2n) is 5.42. The van der Waals surface area contributed by atoms with Crippen LogP contribution < -0.4 is 5.32 Å². The summed E-state index contributed by atoms with van der Waals surface area (Å²) in [7, 11) is 0. The van der Waals surface area contributed by atoms with Gasteiger partial charge in [0, 0.05) is 17.0 Å². The molecule has 0 bridgehead atoms. The number of alkyl halides is 3. The number of halogens is 4. The maximum Gasteiger partial charge on any atom is 0.417 e. The lowest BCUT2D eigenvalue weighted by atomic mass is 10.1. The minimum absolute atomic E-state index is 0.0154. The summed E-state index contributed by atoms with van der Waals surface area (Å²) < 4.78 is 38.7. The third kappa shape index (κ3) is 5.01. The van der Waals surface area contributed by atoms with Crippen molar-refractivity contribution in [2.75, 3.05) is 5.32 Å². The number of carbonyl (C=O) groups excluding carboxylic acids is 1. The Balaban J connectivity index is 1.66. The van der Waals surface area contributed by atoms with Crippen molar-refractivity contribution < 1.29 is 18.0 Å². The predicted molar refractivity (Wildman–Crippen MR) is 96.8 cm³/mol. The first-order valence-corrected chi connectivity index (χ1v) is 8.94. The topological polar surface area (TPSA) is 70.7 Å². The second kappa shape index (κ2) is 8.01. The van der Waals surface area contributed by atoms with Crippen molar-refractivity contribution >= 4 is 35.0 Å². The summed E-state index contributed by atoms with van der Waals surface area (Å²) in [6.45, 7) is 0. The van der Waals surface area contributed by atoms with Gasteiger partial charge in [-0.1, -0.05) is 35.5 Å². The average Bonchev–Trinajstić information content (AvgIpc) is 3.14. The van der Waals surface area contributed by atoms with Crippen LogP contribution in [0.4, 0.5) is 18.9 Å². The first kappa shape index (κ1) is 19.2. The van der Waals surface area contributed by atoms with Crippen LogP contribution in [-0.4, -0.2) is 21.1 Å². The van der Waals surface area contributed by atoms with Crippen LogP contribution in [0.25, 0.3) is 0 Å². The summed E-state index contributed by atoms with van der Waals surface area (Å²) in [5.41, 5.74) is 0.300. The molecular weight excluding hydrogens is 401 g/mol. The zero-order chi connectivity index (χ0) is 19.4. The van der Waals surface area contributed by atoms with E-state index >= 15 is 0 Å². The van der Waals surface area contributed by atoms with Gasteiger partial charge in [-0.15, -0.1) is 0 Å². The molecule has 0 aliphatic carbocycles. The fraction of sp³-hybridized carbons (Fsp3) is 0.118. The number of anilines is 1. The molecule has 0 fully saturated rings. The Bertz CT molecular complexity index is 930. The van der Waals surface area contributed by atoms with Gasteiger partial charge >= 0.3 is 6.18 Å². The molecule has 3 rings (SSSR count). The molecule has 10 heteroatoms. The van der Waals surface area contributed by atoms with Crippen LogP contribution in [0.3, 0.4) is 0 Å². The van der Waals surface area contributed by atoms with Gasteiger partial charge in [-0.05, 0) is 35.9 Å². The third-order valence-electron chi connectivity index (χ3n) is 3.51. The Morgan fingerprint density at radius 3 is 2.56 bits per heavy atom. The Hall–Kier alpha value is -2.52. The number of hydrogen-bond donors (Lipinski definition) is 2. The van der Waals surface area contributed by atoms with Crippen molar-refractivity contribution in [2.24, 2.45) is 0 Å². The molecule has 0 saturated heterocycles.